The molecule has 0 amide bonds. The molecule has 1 aliphatic heterocycles. The maximum atomic E-state index is 12.9. The fourth-order valence-corrected chi connectivity index (χ4v) is 2.42. The van der Waals surface area contributed by atoms with Gasteiger partial charge in [-0.1, -0.05) is 19.9 Å². The predicted octanol–water partition coefficient (Wildman–Crippen LogP) is 3.20. The predicted molar refractivity (Wildman–Crippen MR) is 69.3 cm³/mol. The average molecular weight is 335 g/mol. The van der Waals surface area contributed by atoms with Gasteiger partial charge < -0.3 is 0 Å². The van der Waals surface area contributed by atoms with E-state index in [1.54, 1.807) is 6.07 Å². The molecule has 88 valence electrons. The van der Waals surface area contributed by atoms with Crippen molar-refractivity contribution in [2.24, 2.45) is 5.41 Å². The summed E-state index contributed by atoms with van der Waals surface area (Å²) >= 11 is 2.16. The summed E-state index contributed by atoms with van der Waals surface area (Å²) in [4.78, 5) is 5.59. The summed E-state index contributed by atoms with van der Waals surface area (Å²) in [6.07, 6.45) is 0. The third-order valence-electron chi connectivity index (χ3n) is 2.60. The zero-order valence-corrected chi connectivity index (χ0v) is 11.6. The van der Waals surface area contributed by atoms with Gasteiger partial charge >= 0.3 is 0 Å². The van der Waals surface area contributed by atoms with Crippen molar-refractivity contribution in [1.82, 2.24) is 5.06 Å². The van der Waals surface area contributed by atoms with Crippen molar-refractivity contribution >= 4 is 22.6 Å². The third-order valence-corrected chi connectivity index (χ3v) is 3.61. The molecule has 1 heterocycles. The molecular formula is C12H15FINO. The first kappa shape index (κ1) is 12.3. The van der Waals surface area contributed by atoms with Crippen molar-refractivity contribution in [3.63, 3.8) is 0 Å². The SMILES string of the molecule is CC1(C)CON(Cc2ccc(F)cc2I)C1. The Hall–Kier alpha value is -0.200. The zero-order valence-electron chi connectivity index (χ0n) is 9.46. The average Bonchev–Trinajstić information content (AvgIpc) is 2.51. The van der Waals surface area contributed by atoms with Crippen molar-refractivity contribution in [1.29, 1.82) is 0 Å². The second-order valence-electron chi connectivity index (χ2n) is 4.97. The molecule has 1 fully saturated rings. The van der Waals surface area contributed by atoms with Crippen LogP contribution in [0.3, 0.4) is 0 Å². The van der Waals surface area contributed by atoms with Crippen LogP contribution in [0.4, 0.5) is 4.39 Å². The number of rotatable bonds is 2. The highest BCUT2D eigenvalue weighted by Gasteiger charge is 2.30. The first-order chi connectivity index (χ1) is 7.46. The normalized spacial score (nSPS) is 20.2. The lowest BCUT2D eigenvalue weighted by Crippen LogP contribution is -2.22. The van der Waals surface area contributed by atoms with E-state index in [0.29, 0.717) is 0 Å². The highest BCUT2D eigenvalue weighted by Crippen LogP contribution is 2.27. The number of hydroxylamine groups is 2. The smallest absolute Gasteiger partial charge is 0.124 e. The van der Waals surface area contributed by atoms with Gasteiger partial charge in [0.2, 0.25) is 0 Å². The summed E-state index contributed by atoms with van der Waals surface area (Å²) in [5.74, 6) is -0.184. The van der Waals surface area contributed by atoms with Crippen molar-refractivity contribution in [3.8, 4) is 0 Å². The Balaban J connectivity index is 2.05. The minimum Gasteiger partial charge on any atom is -0.298 e. The molecule has 1 aliphatic rings. The van der Waals surface area contributed by atoms with Crippen LogP contribution < -0.4 is 0 Å². The van der Waals surface area contributed by atoms with Crippen molar-refractivity contribution in [2.45, 2.75) is 20.4 Å². The van der Waals surface area contributed by atoms with Crippen LogP contribution >= 0.6 is 22.6 Å². The number of hydrogen-bond donors (Lipinski definition) is 0. The molecule has 0 aromatic heterocycles. The summed E-state index contributed by atoms with van der Waals surface area (Å²) in [5, 5.41) is 1.95. The van der Waals surface area contributed by atoms with Gasteiger partial charge in [0.1, 0.15) is 5.82 Å². The molecule has 16 heavy (non-hydrogen) atoms. The van der Waals surface area contributed by atoms with E-state index in [-0.39, 0.29) is 11.2 Å². The van der Waals surface area contributed by atoms with E-state index >= 15 is 0 Å². The van der Waals surface area contributed by atoms with Gasteiger partial charge in [-0.25, -0.2) is 4.39 Å². The van der Waals surface area contributed by atoms with Gasteiger partial charge in [0.25, 0.3) is 0 Å². The molecule has 1 aromatic rings. The molecule has 1 saturated heterocycles. The monoisotopic (exact) mass is 335 g/mol. The van der Waals surface area contributed by atoms with Crippen LogP contribution in [0.1, 0.15) is 19.4 Å². The number of benzene rings is 1. The van der Waals surface area contributed by atoms with Gasteiger partial charge in [0, 0.05) is 15.5 Å². The molecule has 1 aromatic carbocycles. The first-order valence-corrected chi connectivity index (χ1v) is 6.36. The number of nitrogens with zero attached hydrogens (tertiary/aromatic N) is 1. The van der Waals surface area contributed by atoms with Crippen molar-refractivity contribution in [3.05, 3.63) is 33.1 Å². The lowest BCUT2D eigenvalue weighted by molar-refractivity contribution is -0.118. The standard InChI is InChI=1S/C12H15FINO/c1-12(2)7-15(16-8-12)6-9-3-4-10(13)5-11(9)14/h3-5H,6-8H2,1-2H3. The molecule has 0 spiro atoms. The second-order valence-corrected chi connectivity index (χ2v) is 6.13. The van der Waals surface area contributed by atoms with Crippen LogP contribution in [0.15, 0.2) is 18.2 Å². The van der Waals surface area contributed by atoms with E-state index in [0.717, 1.165) is 28.8 Å². The summed E-state index contributed by atoms with van der Waals surface area (Å²) in [6.45, 7) is 6.76. The quantitative estimate of drug-likeness (QED) is 0.770. The Morgan fingerprint density at radius 3 is 2.81 bits per heavy atom. The number of hydrogen-bond acceptors (Lipinski definition) is 2. The largest absolute Gasteiger partial charge is 0.298 e. The molecule has 0 radical (unpaired) electrons. The van der Waals surface area contributed by atoms with Crippen LogP contribution in [0.5, 0.6) is 0 Å². The molecule has 0 bridgehead atoms. The molecule has 0 aliphatic carbocycles. The zero-order chi connectivity index (χ0) is 11.8. The molecule has 2 nitrogen and oxygen atoms in total. The van der Waals surface area contributed by atoms with E-state index in [9.17, 15) is 4.39 Å². The lowest BCUT2D eigenvalue weighted by Gasteiger charge is -2.17. The lowest BCUT2D eigenvalue weighted by atomic mass is 9.96. The molecule has 4 heteroatoms. The topological polar surface area (TPSA) is 12.5 Å². The van der Waals surface area contributed by atoms with Crippen LogP contribution in [-0.2, 0) is 11.4 Å². The highest BCUT2D eigenvalue weighted by molar-refractivity contribution is 14.1. The fraction of sp³-hybridized carbons (Fsp3) is 0.500. The van der Waals surface area contributed by atoms with Gasteiger partial charge in [-0.2, -0.15) is 5.06 Å². The van der Waals surface area contributed by atoms with Gasteiger partial charge in [0.05, 0.1) is 13.2 Å². The minimum atomic E-state index is -0.184. The molecule has 0 N–H and O–H groups in total. The van der Waals surface area contributed by atoms with Crippen molar-refractivity contribution < 1.29 is 9.23 Å². The Labute approximate surface area is 109 Å². The molecule has 2 rings (SSSR count). The summed E-state index contributed by atoms with van der Waals surface area (Å²) in [5.41, 5.74) is 1.32. The van der Waals surface area contributed by atoms with Crippen molar-refractivity contribution in [2.75, 3.05) is 13.2 Å². The van der Waals surface area contributed by atoms with Crippen LogP contribution in [0.25, 0.3) is 0 Å². The Morgan fingerprint density at radius 2 is 2.25 bits per heavy atom. The molecule has 0 unspecified atom stereocenters. The summed E-state index contributed by atoms with van der Waals surface area (Å²) in [6, 6.07) is 4.88. The fourth-order valence-electron chi connectivity index (χ4n) is 1.78. The Morgan fingerprint density at radius 1 is 1.50 bits per heavy atom. The van der Waals surface area contributed by atoms with E-state index in [1.165, 1.54) is 6.07 Å². The van der Waals surface area contributed by atoms with Gasteiger partial charge in [-0.05, 0) is 40.3 Å². The first-order valence-electron chi connectivity index (χ1n) is 5.28. The van der Waals surface area contributed by atoms with E-state index in [4.69, 9.17) is 4.84 Å². The van der Waals surface area contributed by atoms with Crippen LogP contribution in [0, 0.1) is 14.8 Å². The Kier molecular flexibility index (Phi) is 3.51. The summed E-state index contributed by atoms with van der Waals surface area (Å²) in [7, 11) is 0. The highest BCUT2D eigenvalue weighted by atomic mass is 127. The molecule has 0 saturated carbocycles. The van der Waals surface area contributed by atoms with E-state index < -0.39 is 0 Å². The van der Waals surface area contributed by atoms with Crippen LogP contribution in [-0.4, -0.2) is 18.2 Å². The minimum absolute atomic E-state index is 0.184. The maximum absolute atomic E-state index is 12.9. The summed E-state index contributed by atoms with van der Waals surface area (Å²) < 4.78 is 13.9. The second kappa shape index (κ2) is 4.58. The van der Waals surface area contributed by atoms with E-state index in [2.05, 4.69) is 36.4 Å². The molecular weight excluding hydrogens is 320 g/mol. The molecule has 0 atom stereocenters. The van der Waals surface area contributed by atoms with E-state index in [1.807, 2.05) is 11.1 Å². The van der Waals surface area contributed by atoms with Crippen LogP contribution in [0.2, 0.25) is 0 Å². The van der Waals surface area contributed by atoms with Gasteiger partial charge in [-0.3, -0.25) is 4.84 Å². The van der Waals surface area contributed by atoms with Gasteiger partial charge in [0.15, 0.2) is 0 Å². The maximum Gasteiger partial charge on any atom is 0.124 e. The Bertz CT molecular complexity index is 395. The number of halogens is 2. The van der Waals surface area contributed by atoms with Gasteiger partial charge in [-0.15, -0.1) is 0 Å². The third kappa shape index (κ3) is 2.93.